The summed E-state index contributed by atoms with van der Waals surface area (Å²) in [6, 6.07) is 4.36. The van der Waals surface area contributed by atoms with Crippen LogP contribution in [0.2, 0.25) is 0 Å². The number of rotatable bonds is 4. The van der Waals surface area contributed by atoms with E-state index in [0.717, 1.165) is 24.3 Å². The van der Waals surface area contributed by atoms with E-state index in [0.29, 0.717) is 11.8 Å². The van der Waals surface area contributed by atoms with Crippen LogP contribution in [0.3, 0.4) is 0 Å². The number of hydrogen-bond donors (Lipinski definition) is 0. The zero-order valence-corrected chi connectivity index (χ0v) is 9.03. The molecule has 0 aromatic heterocycles. The van der Waals surface area contributed by atoms with Crippen LogP contribution in [0.15, 0.2) is 24.3 Å². The van der Waals surface area contributed by atoms with Crippen molar-refractivity contribution < 1.29 is 13.2 Å². The summed E-state index contributed by atoms with van der Waals surface area (Å²) in [4.78, 5) is 0. The van der Waals surface area contributed by atoms with Gasteiger partial charge in [-0.15, -0.1) is 0 Å². The fourth-order valence-electron chi connectivity index (χ4n) is 1.13. The average molecular weight is 267 g/mol. The van der Waals surface area contributed by atoms with Crippen molar-refractivity contribution >= 4 is 15.9 Å². The Morgan fingerprint density at radius 3 is 2.21 bits per heavy atom. The molecular formula is C10H10BrF3. The van der Waals surface area contributed by atoms with Gasteiger partial charge in [-0.2, -0.15) is 0 Å². The van der Waals surface area contributed by atoms with E-state index < -0.39 is 11.7 Å². The minimum absolute atomic E-state index is 0.125. The van der Waals surface area contributed by atoms with Crippen LogP contribution in [0.25, 0.3) is 0 Å². The highest BCUT2D eigenvalue weighted by atomic mass is 79.9. The summed E-state index contributed by atoms with van der Waals surface area (Å²) in [5, 5.41) is 0.545. The second-order valence-corrected chi connectivity index (χ2v) is 3.80. The van der Waals surface area contributed by atoms with Crippen molar-refractivity contribution in [1.82, 2.24) is 0 Å². The number of halogens is 4. The van der Waals surface area contributed by atoms with E-state index in [4.69, 9.17) is 0 Å². The van der Waals surface area contributed by atoms with Gasteiger partial charge in [0.1, 0.15) is 5.82 Å². The molecule has 0 nitrogen and oxygen atoms in total. The molecule has 0 heterocycles. The third-order valence-corrected chi connectivity index (χ3v) is 2.45. The van der Waals surface area contributed by atoms with Crippen molar-refractivity contribution in [2.45, 2.75) is 18.8 Å². The normalized spacial score (nSPS) is 11.7. The van der Waals surface area contributed by atoms with Crippen molar-refractivity contribution in [2.75, 3.05) is 5.33 Å². The van der Waals surface area contributed by atoms with E-state index in [1.54, 1.807) is 0 Å². The molecule has 1 rings (SSSR count). The first-order valence-electron chi connectivity index (χ1n) is 4.26. The molecule has 1 aromatic rings. The summed E-state index contributed by atoms with van der Waals surface area (Å²) in [5.41, 5.74) is -0.125. The number of alkyl halides is 3. The van der Waals surface area contributed by atoms with Gasteiger partial charge < -0.3 is 0 Å². The molecule has 0 bridgehead atoms. The number of hydrogen-bond acceptors (Lipinski definition) is 0. The van der Waals surface area contributed by atoms with Gasteiger partial charge in [0.2, 0.25) is 0 Å². The third-order valence-electron chi connectivity index (χ3n) is 1.89. The lowest BCUT2D eigenvalue weighted by Gasteiger charge is -2.15. The molecule has 0 radical (unpaired) electrons. The van der Waals surface area contributed by atoms with Gasteiger partial charge in [0.25, 0.3) is 5.92 Å². The molecule has 0 saturated carbocycles. The van der Waals surface area contributed by atoms with Crippen molar-refractivity contribution in [3.63, 3.8) is 0 Å². The molecular weight excluding hydrogens is 257 g/mol. The van der Waals surface area contributed by atoms with Crippen LogP contribution < -0.4 is 0 Å². The van der Waals surface area contributed by atoms with Gasteiger partial charge in [-0.3, -0.25) is 0 Å². The van der Waals surface area contributed by atoms with Crippen molar-refractivity contribution in [1.29, 1.82) is 0 Å². The summed E-state index contributed by atoms with van der Waals surface area (Å²) in [6.07, 6.45) is 0.175. The van der Waals surface area contributed by atoms with Crippen LogP contribution in [0, 0.1) is 5.82 Å². The molecule has 1 aromatic carbocycles. The first kappa shape index (κ1) is 11.6. The molecule has 14 heavy (non-hydrogen) atoms. The van der Waals surface area contributed by atoms with E-state index in [2.05, 4.69) is 15.9 Å². The largest absolute Gasteiger partial charge is 0.273 e. The fourth-order valence-corrected chi connectivity index (χ4v) is 1.41. The molecule has 0 N–H and O–H groups in total. The predicted molar refractivity (Wildman–Crippen MR) is 53.3 cm³/mol. The molecule has 0 fully saturated rings. The summed E-state index contributed by atoms with van der Waals surface area (Å²) in [6.45, 7) is 0. The van der Waals surface area contributed by atoms with Gasteiger partial charge in [-0.1, -0.05) is 28.1 Å². The van der Waals surface area contributed by atoms with Crippen LogP contribution in [-0.2, 0) is 5.92 Å². The first-order chi connectivity index (χ1) is 6.56. The molecule has 0 spiro atoms. The summed E-state index contributed by atoms with van der Waals surface area (Å²) in [5.74, 6) is -3.35. The minimum atomic E-state index is -2.86. The van der Waals surface area contributed by atoms with E-state index >= 15 is 0 Å². The molecule has 0 atom stereocenters. The number of benzene rings is 1. The predicted octanol–water partition coefficient (Wildman–Crippen LogP) is 4.09. The van der Waals surface area contributed by atoms with Gasteiger partial charge in [0.15, 0.2) is 0 Å². The topological polar surface area (TPSA) is 0 Å². The highest BCUT2D eigenvalue weighted by Gasteiger charge is 2.30. The van der Waals surface area contributed by atoms with Gasteiger partial charge in [0, 0.05) is 17.3 Å². The van der Waals surface area contributed by atoms with Gasteiger partial charge in [-0.05, 0) is 18.6 Å². The summed E-state index contributed by atoms with van der Waals surface area (Å²) in [7, 11) is 0. The molecule has 4 heteroatoms. The highest BCUT2D eigenvalue weighted by molar-refractivity contribution is 9.09. The lowest BCUT2D eigenvalue weighted by atomic mass is 10.0. The second-order valence-electron chi connectivity index (χ2n) is 3.00. The van der Waals surface area contributed by atoms with Crippen LogP contribution in [-0.4, -0.2) is 5.33 Å². The van der Waals surface area contributed by atoms with Crippen molar-refractivity contribution in [2.24, 2.45) is 0 Å². The first-order valence-corrected chi connectivity index (χ1v) is 5.38. The fraction of sp³-hybridized carbons (Fsp3) is 0.400. The Balaban J connectivity index is 2.75. The SMILES string of the molecule is Fc1ccc(C(F)(F)CCCBr)cc1. The minimum Gasteiger partial charge on any atom is -0.207 e. The quantitative estimate of drug-likeness (QED) is 0.720. The molecule has 0 unspecified atom stereocenters. The Morgan fingerprint density at radius 1 is 1.14 bits per heavy atom. The summed E-state index contributed by atoms with van der Waals surface area (Å²) < 4.78 is 39.1. The lowest BCUT2D eigenvalue weighted by molar-refractivity contribution is -0.0137. The third kappa shape index (κ3) is 3.01. The maximum Gasteiger partial charge on any atom is 0.273 e. The Labute approximate surface area is 89.3 Å². The molecule has 0 aliphatic heterocycles. The molecule has 0 aliphatic carbocycles. The standard InChI is InChI=1S/C10H10BrF3/c11-7-1-6-10(13,14)8-2-4-9(12)5-3-8/h2-5H,1,6-7H2. The lowest BCUT2D eigenvalue weighted by Crippen LogP contribution is -2.13. The van der Waals surface area contributed by atoms with Crippen LogP contribution in [0.4, 0.5) is 13.2 Å². The monoisotopic (exact) mass is 266 g/mol. The van der Waals surface area contributed by atoms with Crippen LogP contribution in [0.1, 0.15) is 18.4 Å². The van der Waals surface area contributed by atoms with Gasteiger partial charge in [0.05, 0.1) is 0 Å². The molecule has 78 valence electrons. The maximum absolute atomic E-state index is 13.3. The Hall–Kier alpha value is -0.510. The Kier molecular flexibility index (Phi) is 3.98. The van der Waals surface area contributed by atoms with Crippen LogP contribution >= 0.6 is 15.9 Å². The zero-order chi connectivity index (χ0) is 10.6. The average Bonchev–Trinajstić information content (AvgIpc) is 2.16. The van der Waals surface area contributed by atoms with Gasteiger partial charge >= 0.3 is 0 Å². The smallest absolute Gasteiger partial charge is 0.207 e. The zero-order valence-electron chi connectivity index (χ0n) is 7.44. The van der Waals surface area contributed by atoms with Crippen LogP contribution in [0.5, 0.6) is 0 Å². The highest BCUT2D eigenvalue weighted by Crippen LogP contribution is 2.32. The van der Waals surface area contributed by atoms with Gasteiger partial charge in [-0.25, -0.2) is 13.2 Å². The Bertz CT molecular complexity index is 282. The van der Waals surface area contributed by atoms with Crippen molar-refractivity contribution in [3.8, 4) is 0 Å². The molecule has 0 amide bonds. The molecule has 0 saturated heterocycles. The molecule has 0 aliphatic rings. The summed E-state index contributed by atoms with van der Waals surface area (Å²) >= 11 is 3.09. The maximum atomic E-state index is 13.3. The van der Waals surface area contributed by atoms with E-state index in [1.165, 1.54) is 0 Å². The van der Waals surface area contributed by atoms with E-state index in [1.807, 2.05) is 0 Å². The Morgan fingerprint density at radius 2 is 1.71 bits per heavy atom. The van der Waals surface area contributed by atoms with E-state index in [-0.39, 0.29) is 12.0 Å². The van der Waals surface area contributed by atoms with E-state index in [9.17, 15) is 13.2 Å². The second kappa shape index (κ2) is 4.82. The van der Waals surface area contributed by atoms with Crippen molar-refractivity contribution in [3.05, 3.63) is 35.6 Å².